The highest BCUT2D eigenvalue weighted by Crippen LogP contribution is 2.36. The number of halogens is 4. The highest BCUT2D eigenvalue weighted by atomic mass is 35.5. The van der Waals surface area contributed by atoms with Gasteiger partial charge in [-0.05, 0) is 48.7 Å². The summed E-state index contributed by atoms with van der Waals surface area (Å²) in [6.45, 7) is 1.77. The first kappa shape index (κ1) is 22.5. The molecule has 0 aliphatic carbocycles. The predicted octanol–water partition coefficient (Wildman–Crippen LogP) is 4.64. The van der Waals surface area contributed by atoms with Crippen LogP contribution in [0.25, 0.3) is 0 Å². The van der Waals surface area contributed by atoms with Crippen molar-refractivity contribution < 1.29 is 32.2 Å². The monoisotopic (exact) mass is 470 g/mol. The quantitative estimate of drug-likeness (QED) is 0.570. The Kier molecular flexibility index (Phi) is 6.66. The van der Waals surface area contributed by atoms with Gasteiger partial charge in [-0.1, -0.05) is 23.7 Å². The van der Waals surface area contributed by atoms with E-state index in [0.717, 1.165) is 24.0 Å². The van der Waals surface area contributed by atoms with E-state index in [1.165, 1.54) is 12.1 Å². The number of carbonyl (C=O) groups is 1. The van der Waals surface area contributed by atoms with E-state index in [9.17, 15) is 18.0 Å². The standard InChI is InChI=1S/C22H22ClF3N2O4/c23-18-10-20-19(30-13-31-20)9-15(18)11-27-8-7-16-3-6-21(29)28(16)12-14-1-4-17(5-2-14)32-22(24,25)26/h1-2,4-5,9-10,16,27H,3,6-8,11-13H2/t16-/m1/s1. The van der Waals surface area contributed by atoms with E-state index in [0.29, 0.717) is 42.6 Å². The van der Waals surface area contributed by atoms with Crippen LogP contribution in [0.5, 0.6) is 17.2 Å². The normalized spacial score (nSPS) is 17.8. The Morgan fingerprint density at radius 2 is 1.88 bits per heavy atom. The van der Waals surface area contributed by atoms with Crippen molar-refractivity contribution in [2.24, 2.45) is 0 Å². The molecule has 2 aliphatic rings. The van der Waals surface area contributed by atoms with Crippen LogP contribution in [0, 0.1) is 0 Å². The predicted molar refractivity (Wildman–Crippen MR) is 111 cm³/mol. The van der Waals surface area contributed by atoms with Crippen molar-refractivity contribution in [3.63, 3.8) is 0 Å². The third-order valence-corrected chi connectivity index (χ3v) is 5.83. The highest BCUT2D eigenvalue weighted by Gasteiger charge is 2.32. The minimum absolute atomic E-state index is 0.0458. The van der Waals surface area contributed by atoms with Gasteiger partial charge in [0.2, 0.25) is 12.7 Å². The zero-order valence-electron chi connectivity index (χ0n) is 17.1. The summed E-state index contributed by atoms with van der Waals surface area (Å²) >= 11 is 6.29. The van der Waals surface area contributed by atoms with Crippen molar-refractivity contribution in [3.8, 4) is 17.2 Å². The van der Waals surface area contributed by atoms with Crippen LogP contribution in [0.4, 0.5) is 13.2 Å². The van der Waals surface area contributed by atoms with Gasteiger partial charge < -0.3 is 24.4 Å². The van der Waals surface area contributed by atoms with E-state index >= 15 is 0 Å². The second-order valence-electron chi connectivity index (χ2n) is 7.67. The van der Waals surface area contributed by atoms with E-state index in [2.05, 4.69) is 10.1 Å². The topological polar surface area (TPSA) is 60.0 Å². The number of hydrogen-bond acceptors (Lipinski definition) is 5. The van der Waals surface area contributed by atoms with Crippen LogP contribution in [-0.2, 0) is 17.9 Å². The van der Waals surface area contributed by atoms with Gasteiger partial charge in [0.05, 0.1) is 0 Å². The van der Waals surface area contributed by atoms with Crippen LogP contribution in [0.2, 0.25) is 5.02 Å². The van der Waals surface area contributed by atoms with E-state index in [4.69, 9.17) is 21.1 Å². The lowest BCUT2D eigenvalue weighted by Crippen LogP contribution is -2.34. The maximum Gasteiger partial charge on any atom is 0.573 e. The first-order valence-corrected chi connectivity index (χ1v) is 10.6. The zero-order chi connectivity index (χ0) is 22.7. The largest absolute Gasteiger partial charge is 0.573 e. The molecule has 1 amide bonds. The average molecular weight is 471 g/mol. The Hall–Kier alpha value is -2.65. The summed E-state index contributed by atoms with van der Waals surface area (Å²) in [6, 6.07) is 9.27. The molecule has 2 aromatic carbocycles. The number of nitrogens with zero attached hydrogens (tertiary/aromatic N) is 1. The molecule has 6 nitrogen and oxygen atoms in total. The number of carbonyl (C=O) groups excluding carboxylic acids is 1. The van der Waals surface area contributed by atoms with Crippen LogP contribution in [0.1, 0.15) is 30.4 Å². The van der Waals surface area contributed by atoms with Gasteiger partial charge in [0, 0.05) is 36.6 Å². The molecule has 1 atom stereocenters. The van der Waals surface area contributed by atoms with Gasteiger partial charge in [0.25, 0.3) is 0 Å². The lowest BCUT2D eigenvalue weighted by Gasteiger charge is -2.25. The zero-order valence-corrected chi connectivity index (χ0v) is 17.8. The maximum absolute atomic E-state index is 12.3. The van der Waals surface area contributed by atoms with Crippen molar-refractivity contribution in [1.82, 2.24) is 10.2 Å². The summed E-state index contributed by atoms with van der Waals surface area (Å²) in [7, 11) is 0. The molecule has 0 aromatic heterocycles. The molecule has 172 valence electrons. The SMILES string of the molecule is O=C1CC[C@H](CCNCc2cc3c(cc2Cl)OCO3)N1Cc1ccc(OC(F)(F)F)cc1. The second-order valence-corrected chi connectivity index (χ2v) is 8.08. The number of ether oxygens (including phenoxy) is 3. The molecule has 1 saturated heterocycles. The average Bonchev–Trinajstić information content (AvgIpc) is 3.32. The summed E-state index contributed by atoms with van der Waals surface area (Å²) in [6.07, 6.45) is -2.76. The van der Waals surface area contributed by atoms with Gasteiger partial charge in [0.1, 0.15) is 5.75 Å². The summed E-state index contributed by atoms with van der Waals surface area (Å²) in [5.41, 5.74) is 1.65. The van der Waals surface area contributed by atoms with Gasteiger partial charge in [-0.25, -0.2) is 0 Å². The van der Waals surface area contributed by atoms with Crippen molar-refractivity contribution in [2.75, 3.05) is 13.3 Å². The fourth-order valence-corrected chi connectivity index (χ4v) is 4.11. The fourth-order valence-electron chi connectivity index (χ4n) is 3.89. The van der Waals surface area contributed by atoms with Gasteiger partial charge in [-0.15, -0.1) is 13.2 Å². The third kappa shape index (κ3) is 5.58. The molecule has 0 saturated carbocycles. The summed E-state index contributed by atoms with van der Waals surface area (Å²) in [4.78, 5) is 14.1. The molecule has 0 spiro atoms. The molecule has 0 radical (unpaired) electrons. The van der Waals surface area contributed by atoms with Crippen LogP contribution in [-0.4, -0.2) is 36.5 Å². The minimum Gasteiger partial charge on any atom is -0.454 e. The molecular formula is C22H22ClF3N2O4. The molecule has 1 N–H and O–H groups in total. The van der Waals surface area contributed by atoms with Crippen LogP contribution in [0.3, 0.4) is 0 Å². The van der Waals surface area contributed by atoms with Crippen LogP contribution in [0.15, 0.2) is 36.4 Å². The van der Waals surface area contributed by atoms with E-state index in [1.807, 2.05) is 6.07 Å². The summed E-state index contributed by atoms with van der Waals surface area (Å²) in [5, 5.41) is 3.94. The Balaban J connectivity index is 1.28. The molecule has 2 aliphatic heterocycles. The Labute approximate surface area is 188 Å². The second kappa shape index (κ2) is 9.46. The van der Waals surface area contributed by atoms with E-state index in [-0.39, 0.29) is 24.5 Å². The molecular weight excluding hydrogens is 449 g/mol. The number of alkyl halides is 3. The van der Waals surface area contributed by atoms with Crippen molar-refractivity contribution >= 4 is 17.5 Å². The van der Waals surface area contributed by atoms with Crippen molar-refractivity contribution in [1.29, 1.82) is 0 Å². The fraction of sp³-hybridized carbons (Fsp3) is 0.409. The number of benzene rings is 2. The van der Waals surface area contributed by atoms with Gasteiger partial charge in [-0.3, -0.25) is 4.79 Å². The first-order chi connectivity index (χ1) is 15.3. The summed E-state index contributed by atoms with van der Waals surface area (Å²) in [5.74, 6) is 1.07. The Bertz CT molecular complexity index is 969. The third-order valence-electron chi connectivity index (χ3n) is 5.47. The van der Waals surface area contributed by atoms with E-state index < -0.39 is 6.36 Å². The minimum atomic E-state index is -4.73. The van der Waals surface area contributed by atoms with E-state index in [1.54, 1.807) is 23.1 Å². The molecule has 2 heterocycles. The summed E-state index contributed by atoms with van der Waals surface area (Å²) < 4.78 is 51.5. The lowest BCUT2D eigenvalue weighted by atomic mass is 10.1. The van der Waals surface area contributed by atoms with Crippen molar-refractivity contribution in [3.05, 3.63) is 52.5 Å². The molecule has 2 aromatic rings. The highest BCUT2D eigenvalue weighted by molar-refractivity contribution is 6.31. The number of hydrogen-bond donors (Lipinski definition) is 1. The van der Waals surface area contributed by atoms with Gasteiger partial charge >= 0.3 is 6.36 Å². The molecule has 0 bridgehead atoms. The maximum atomic E-state index is 12.3. The molecule has 10 heteroatoms. The van der Waals surface area contributed by atoms with Gasteiger partial charge in [0.15, 0.2) is 11.5 Å². The Morgan fingerprint density at radius 1 is 1.16 bits per heavy atom. The smallest absolute Gasteiger partial charge is 0.454 e. The molecule has 1 fully saturated rings. The van der Waals surface area contributed by atoms with Gasteiger partial charge in [-0.2, -0.15) is 0 Å². The number of amides is 1. The molecule has 0 unspecified atom stereocenters. The number of likely N-dealkylation sites (tertiary alicyclic amines) is 1. The molecule has 32 heavy (non-hydrogen) atoms. The molecule has 4 rings (SSSR count). The number of fused-ring (bicyclic) bond motifs is 1. The van der Waals surface area contributed by atoms with Crippen LogP contribution < -0.4 is 19.5 Å². The van der Waals surface area contributed by atoms with Crippen molar-refractivity contribution in [2.45, 2.75) is 44.8 Å². The van der Waals surface area contributed by atoms with Crippen LogP contribution >= 0.6 is 11.6 Å². The first-order valence-electron chi connectivity index (χ1n) is 10.2. The number of nitrogens with one attached hydrogen (secondary N) is 1. The lowest BCUT2D eigenvalue weighted by molar-refractivity contribution is -0.274. The number of rotatable bonds is 8. The Morgan fingerprint density at radius 3 is 2.59 bits per heavy atom.